The predicted octanol–water partition coefficient (Wildman–Crippen LogP) is 3.99. The number of benzene rings is 1. The van der Waals surface area contributed by atoms with Gasteiger partial charge < -0.3 is 14.7 Å². The number of amides is 1. The monoisotopic (exact) mass is 373 g/mol. The van der Waals surface area contributed by atoms with Crippen molar-refractivity contribution in [1.29, 1.82) is 0 Å². The number of carbonyl (C=O) groups excluding carboxylic acids is 1. The van der Waals surface area contributed by atoms with Gasteiger partial charge in [-0.1, -0.05) is 29.6 Å². The van der Waals surface area contributed by atoms with Crippen LogP contribution in [0, 0.1) is 5.92 Å². The van der Waals surface area contributed by atoms with Gasteiger partial charge in [-0.05, 0) is 49.4 Å². The van der Waals surface area contributed by atoms with Gasteiger partial charge in [-0.25, -0.2) is 0 Å². The maximum absolute atomic E-state index is 12.7. The van der Waals surface area contributed by atoms with Crippen LogP contribution in [-0.4, -0.2) is 41.6 Å². The van der Waals surface area contributed by atoms with Crippen molar-refractivity contribution in [3.05, 3.63) is 41.0 Å². The highest BCUT2D eigenvalue weighted by atomic mass is 35.5. The number of likely N-dealkylation sites (tertiary alicyclic amines) is 1. The van der Waals surface area contributed by atoms with Crippen LogP contribution in [0.5, 0.6) is 0 Å². The molecule has 2 heterocycles. The molecule has 0 radical (unpaired) electrons. The minimum atomic E-state index is -0.121. The quantitative estimate of drug-likeness (QED) is 0.860. The zero-order chi connectivity index (χ0) is 17.9. The average molecular weight is 374 g/mol. The Hall–Kier alpha value is -1.85. The van der Waals surface area contributed by atoms with Gasteiger partial charge in [0.15, 0.2) is 5.76 Å². The molecule has 1 atom stereocenters. The minimum Gasteiger partial charge on any atom is -0.355 e. The lowest BCUT2D eigenvalue weighted by molar-refractivity contribution is 0.0937. The van der Waals surface area contributed by atoms with E-state index in [1.807, 2.05) is 12.1 Å². The first-order chi connectivity index (χ1) is 12.7. The van der Waals surface area contributed by atoms with E-state index in [9.17, 15) is 4.79 Å². The molecule has 1 saturated heterocycles. The molecular formula is C20H24ClN3O2. The Labute approximate surface area is 158 Å². The molecule has 1 N–H and O–H groups in total. The molecule has 1 aliphatic carbocycles. The van der Waals surface area contributed by atoms with Crippen molar-refractivity contribution in [3.63, 3.8) is 0 Å². The molecule has 0 bridgehead atoms. The van der Waals surface area contributed by atoms with E-state index in [1.165, 1.54) is 38.4 Å². The lowest BCUT2D eigenvalue weighted by Crippen LogP contribution is -2.37. The third-order valence-electron chi connectivity index (χ3n) is 5.52. The predicted molar refractivity (Wildman–Crippen MR) is 101 cm³/mol. The van der Waals surface area contributed by atoms with Gasteiger partial charge in [-0.15, -0.1) is 0 Å². The normalized spacial score (nSPS) is 21.3. The van der Waals surface area contributed by atoms with Crippen LogP contribution in [0.2, 0.25) is 5.02 Å². The number of aromatic nitrogens is 1. The molecule has 26 heavy (non-hydrogen) atoms. The third-order valence-corrected chi connectivity index (χ3v) is 5.77. The van der Waals surface area contributed by atoms with E-state index < -0.39 is 0 Å². The van der Waals surface area contributed by atoms with E-state index in [-0.39, 0.29) is 11.9 Å². The summed E-state index contributed by atoms with van der Waals surface area (Å²) in [6.07, 6.45) is 7.96. The van der Waals surface area contributed by atoms with Crippen molar-refractivity contribution in [2.45, 2.75) is 38.1 Å². The van der Waals surface area contributed by atoms with Crippen LogP contribution in [0.3, 0.4) is 0 Å². The topological polar surface area (TPSA) is 58.4 Å². The van der Waals surface area contributed by atoms with Crippen molar-refractivity contribution in [3.8, 4) is 11.3 Å². The summed E-state index contributed by atoms with van der Waals surface area (Å²) in [5.41, 5.74) is 1.27. The zero-order valence-corrected chi connectivity index (χ0v) is 15.5. The van der Waals surface area contributed by atoms with E-state index in [0.29, 0.717) is 16.3 Å². The van der Waals surface area contributed by atoms with Crippen molar-refractivity contribution in [2.24, 2.45) is 5.92 Å². The first-order valence-corrected chi connectivity index (χ1v) is 9.80. The summed E-state index contributed by atoms with van der Waals surface area (Å²) in [5.74, 6) is 1.21. The summed E-state index contributed by atoms with van der Waals surface area (Å²) in [7, 11) is 0. The summed E-state index contributed by atoms with van der Waals surface area (Å²) in [6, 6.07) is 7.41. The molecule has 6 heteroatoms. The maximum Gasteiger partial charge on any atom is 0.257 e. The van der Waals surface area contributed by atoms with E-state index in [0.717, 1.165) is 31.0 Å². The van der Waals surface area contributed by atoms with Crippen molar-refractivity contribution >= 4 is 17.5 Å². The summed E-state index contributed by atoms with van der Waals surface area (Å²) < 4.78 is 5.32. The third kappa shape index (κ3) is 3.94. The van der Waals surface area contributed by atoms with Gasteiger partial charge in [-0.2, -0.15) is 0 Å². The first kappa shape index (κ1) is 17.6. The van der Waals surface area contributed by atoms with Crippen LogP contribution in [0.15, 0.2) is 35.0 Å². The zero-order valence-electron chi connectivity index (χ0n) is 14.8. The van der Waals surface area contributed by atoms with E-state index in [4.69, 9.17) is 16.1 Å². The summed E-state index contributed by atoms with van der Waals surface area (Å²) in [4.78, 5) is 15.2. The molecular weight excluding hydrogens is 350 g/mol. The van der Waals surface area contributed by atoms with Crippen LogP contribution in [0.25, 0.3) is 11.3 Å². The average Bonchev–Trinajstić information content (AvgIpc) is 3.38. The Bertz CT molecular complexity index is 753. The summed E-state index contributed by atoms with van der Waals surface area (Å²) in [6.45, 7) is 3.18. The second kappa shape index (κ2) is 7.80. The molecule has 1 aromatic carbocycles. The van der Waals surface area contributed by atoms with Gasteiger partial charge in [0.1, 0.15) is 5.56 Å². The van der Waals surface area contributed by atoms with Gasteiger partial charge in [0, 0.05) is 36.3 Å². The number of nitrogens with zero attached hydrogens (tertiary/aromatic N) is 2. The van der Waals surface area contributed by atoms with E-state index >= 15 is 0 Å². The number of halogens is 1. The lowest BCUT2D eigenvalue weighted by atomic mass is 10.1. The second-order valence-electron chi connectivity index (χ2n) is 7.44. The van der Waals surface area contributed by atoms with Gasteiger partial charge >= 0.3 is 0 Å². The molecule has 2 aliphatic rings. The van der Waals surface area contributed by atoms with Crippen molar-refractivity contribution in [2.75, 3.05) is 19.6 Å². The van der Waals surface area contributed by atoms with Crippen LogP contribution >= 0.6 is 11.6 Å². The van der Waals surface area contributed by atoms with E-state index in [1.54, 1.807) is 12.1 Å². The highest BCUT2D eigenvalue weighted by Gasteiger charge is 2.28. The lowest BCUT2D eigenvalue weighted by Gasteiger charge is -2.20. The molecule has 4 rings (SSSR count). The summed E-state index contributed by atoms with van der Waals surface area (Å²) in [5, 5.41) is 7.62. The van der Waals surface area contributed by atoms with Gasteiger partial charge in [0.05, 0.1) is 6.20 Å². The largest absolute Gasteiger partial charge is 0.355 e. The molecule has 0 unspecified atom stereocenters. The maximum atomic E-state index is 12.7. The number of rotatable bonds is 5. The molecule has 5 nitrogen and oxygen atoms in total. The molecule has 1 aliphatic heterocycles. The second-order valence-corrected chi connectivity index (χ2v) is 7.88. The van der Waals surface area contributed by atoms with Crippen LogP contribution in [0.1, 0.15) is 42.5 Å². The van der Waals surface area contributed by atoms with Gasteiger partial charge in [0.2, 0.25) is 0 Å². The molecule has 1 aromatic heterocycles. The van der Waals surface area contributed by atoms with E-state index in [2.05, 4.69) is 15.4 Å². The standard InChI is InChI=1S/C20H24ClN3O2/c21-16-7-5-15(6-8-16)19-18(11-22-26-19)20(25)23-17-9-10-24(13-17)12-14-3-1-2-4-14/h5-8,11,14,17H,1-4,9-10,12-13H2,(H,23,25)/t17-/m1/s1. The van der Waals surface area contributed by atoms with Crippen LogP contribution in [0.4, 0.5) is 0 Å². The number of nitrogens with one attached hydrogen (secondary N) is 1. The fraction of sp³-hybridized carbons (Fsp3) is 0.500. The minimum absolute atomic E-state index is 0.121. The first-order valence-electron chi connectivity index (χ1n) is 9.43. The Morgan fingerprint density at radius 2 is 2.00 bits per heavy atom. The molecule has 2 fully saturated rings. The molecule has 0 spiro atoms. The van der Waals surface area contributed by atoms with Gasteiger partial charge in [-0.3, -0.25) is 4.79 Å². The fourth-order valence-corrected chi connectivity index (χ4v) is 4.27. The molecule has 2 aromatic rings. The summed E-state index contributed by atoms with van der Waals surface area (Å²) >= 11 is 5.93. The fourth-order valence-electron chi connectivity index (χ4n) is 4.15. The van der Waals surface area contributed by atoms with Gasteiger partial charge in [0.25, 0.3) is 5.91 Å². The number of carbonyl (C=O) groups is 1. The molecule has 1 saturated carbocycles. The molecule has 1 amide bonds. The Balaban J connectivity index is 1.37. The highest BCUT2D eigenvalue weighted by molar-refractivity contribution is 6.30. The Morgan fingerprint density at radius 1 is 1.23 bits per heavy atom. The van der Waals surface area contributed by atoms with Crippen LogP contribution < -0.4 is 5.32 Å². The smallest absolute Gasteiger partial charge is 0.257 e. The van der Waals surface area contributed by atoms with Crippen molar-refractivity contribution < 1.29 is 9.32 Å². The number of hydrogen-bond donors (Lipinski definition) is 1. The Morgan fingerprint density at radius 3 is 2.77 bits per heavy atom. The van der Waals surface area contributed by atoms with Crippen LogP contribution in [-0.2, 0) is 0 Å². The SMILES string of the molecule is O=C(N[C@@H]1CCN(CC2CCCC2)C1)c1cnoc1-c1ccc(Cl)cc1. The van der Waals surface area contributed by atoms with Crippen molar-refractivity contribution in [1.82, 2.24) is 15.4 Å². The Kier molecular flexibility index (Phi) is 5.27. The molecule has 138 valence electrons. The highest BCUT2D eigenvalue weighted by Crippen LogP contribution is 2.27. The number of hydrogen-bond acceptors (Lipinski definition) is 4.